The zero-order chi connectivity index (χ0) is 10.6. The van der Waals surface area contributed by atoms with E-state index in [1.807, 2.05) is 0 Å². The van der Waals surface area contributed by atoms with E-state index in [0.29, 0.717) is 10.6 Å². The van der Waals surface area contributed by atoms with Crippen LogP contribution >= 0.6 is 0 Å². The van der Waals surface area contributed by atoms with Crippen molar-refractivity contribution in [3.63, 3.8) is 0 Å². The first-order valence-corrected chi connectivity index (χ1v) is 5.41. The van der Waals surface area contributed by atoms with Crippen molar-refractivity contribution in [1.29, 1.82) is 0 Å². The van der Waals surface area contributed by atoms with Gasteiger partial charge < -0.3 is 14.6 Å². The first-order chi connectivity index (χ1) is 6.59. The highest BCUT2D eigenvalue weighted by molar-refractivity contribution is 7.84. The van der Waals surface area contributed by atoms with Crippen LogP contribution in [-0.4, -0.2) is 23.0 Å². The minimum Gasteiger partial charge on any atom is -0.546 e. The Labute approximate surface area is 84.0 Å². The molecule has 0 aromatic heterocycles. The highest BCUT2D eigenvalue weighted by Crippen LogP contribution is 2.13. The van der Waals surface area contributed by atoms with E-state index < -0.39 is 23.4 Å². The third kappa shape index (κ3) is 3.18. The fraction of sp³-hybridized carbons (Fsp3) is 0.222. The largest absolute Gasteiger partial charge is 0.546 e. The molecule has 0 spiro atoms. The van der Waals surface area contributed by atoms with Gasteiger partial charge in [-0.1, -0.05) is 0 Å². The molecule has 0 bridgehead atoms. The molecule has 76 valence electrons. The van der Waals surface area contributed by atoms with Crippen LogP contribution in [0.25, 0.3) is 0 Å². The van der Waals surface area contributed by atoms with Crippen molar-refractivity contribution in [2.75, 3.05) is 12.9 Å². The van der Waals surface area contributed by atoms with Gasteiger partial charge in [0.2, 0.25) is 0 Å². The maximum Gasteiger partial charge on any atom is 0.128 e. The lowest BCUT2D eigenvalue weighted by molar-refractivity contribution is -0.307. The summed E-state index contributed by atoms with van der Waals surface area (Å²) >= 11 is 0. The minimum atomic E-state index is -1.27. The quantitative estimate of drug-likeness (QED) is 0.679. The molecule has 1 aromatic rings. The molecule has 1 rings (SSSR count). The molecule has 1 unspecified atom stereocenters. The molecule has 0 aliphatic heterocycles. The molecule has 1 atom stereocenters. The average Bonchev–Trinajstić information content (AvgIpc) is 2.15. The summed E-state index contributed by atoms with van der Waals surface area (Å²) in [5, 5.41) is 10.1. The van der Waals surface area contributed by atoms with Crippen molar-refractivity contribution in [2.45, 2.75) is 4.90 Å². The van der Waals surface area contributed by atoms with Crippen molar-refractivity contribution in [2.24, 2.45) is 0 Å². The highest BCUT2D eigenvalue weighted by Gasteiger charge is 1.97. The number of hydrogen-bond donors (Lipinski definition) is 0. The van der Waals surface area contributed by atoms with Crippen molar-refractivity contribution in [1.82, 2.24) is 0 Å². The molecule has 0 N–H and O–H groups in total. The summed E-state index contributed by atoms with van der Waals surface area (Å²) in [6.45, 7) is -0.478. The summed E-state index contributed by atoms with van der Waals surface area (Å²) in [6, 6.07) is 6.39. The van der Waals surface area contributed by atoms with E-state index in [1.165, 1.54) is 0 Å². The van der Waals surface area contributed by atoms with Gasteiger partial charge in [0.05, 0.1) is 5.97 Å². The highest BCUT2D eigenvalue weighted by atomic mass is 32.2. The number of carboxylic acids is 1. The summed E-state index contributed by atoms with van der Waals surface area (Å²) in [5.41, 5.74) is 0. The lowest BCUT2D eigenvalue weighted by Gasteiger charge is -2.06. The molecule has 0 fully saturated rings. The Hall–Kier alpha value is -1.36. The lowest BCUT2D eigenvalue weighted by atomic mass is 10.3. The fourth-order valence-corrected chi connectivity index (χ4v) is 1.39. The fourth-order valence-electron chi connectivity index (χ4n) is 0.870. The van der Waals surface area contributed by atoms with E-state index in [4.69, 9.17) is 4.74 Å². The number of aliphatic carboxylic acids is 1. The van der Waals surface area contributed by atoms with Gasteiger partial charge in [0, 0.05) is 22.0 Å². The van der Waals surface area contributed by atoms with Crippen molar-refractivity contribution in [3.8, 4) is 5.75 Å². The predicted molar refractivity (Wildman–Crippen MR) is 49.3 cm³/mol. The molecule has 5 heteroatoms. The van der Waals surface area contributed by atoms with E-state index in [2.05, 4.69) is 0 Å². The third-order valence-corrected chi connectivity index (χ3v) is 2.45. The second-order valence-electron chi connectivity index (χ2n) is 2.59. The molecule has 0 aliphatic carbocycles. The molecular weight excluding hydrogens is 204 g/mol. The summed E-state index contributed by atoms with van der Waals surface area (Å²) < 4.78 is 15.8. The van der Waals surface area contributed by atoms with Crippen molar-refractivity contribution < 1.29 is 18.8 Å². The van der Waals surface area contributed by atoms with Gasteiger partial charge in [-0.25, -0.2) is 0 Å². The van der Waals surface area contributed by atoms with Gasteiger partial charge in [-0.2, -0.15) is 0 Å². The molecular formula is C9H9O4S-. The Morgan fingerprint density at radius 2 is 2.00 bits per heavy atom. The number of carbonyl (C=O) groups excluding carboxylic acids is 1. The Morgan fingerprint density at radius 1 is 1.43 bits per heavy atom. The first kappa shape index (κ1) is 10.7. The second kappa shape index (κ2) is 4.76. The van der Waals surface area contributed by atoms with Crippen molar-refractivity contribution >= 4 is 16.8 Å². The number of benzene rings is 1. The van der Waals surface area contributed by atoms with Crippen LogP contribution in [0.5, 0.6) is 5.75 Å². The Kier molecular flexibility index (Phi) is 3.64. The van der Waals surface area contributed by atoms with Crippen molar-refractivity contribution in [3.05, 3.63) is 24.3 Å². The molecule has 0 heterocycles. The summed E-state index contributed by atoms with van der Waals surface area (Å²) in [5.74, 6) is -0.850. The normalized spacial score (nSPS) is 12.1. The summed E-state index contributed by atoms with van der Waals surface area (Å²) in [7, 11) is -1.03. The second-order valence-corrected chi connectivity index (χ2v) is 3.97. The van der Waals surface area contributed by atoms with Gasteiger partial charge in [0.25, 0.3) is 0 Å². The Balaban J connectivity index is 2.64. The van der Waals surface area contributed by atoms with Gasteiger partial charge in [0.1, 0.15) is 12.4 Å². The lowest BCUT2D eigenvalue weighted by Crippen LogP contribution is -2.28. The smallest absolute Gasteiger partial charge is 0.128 e. The number of carbonyl (C=O) groups is 1. The molecule has 1 aromatic carbocycles. The van der Waals surface area contributed by atoms with E-state index in [-0.39, 0.29) is 0 Å². The zero-order valence-electron chi connectivity index (χ0n) is 7.56. The van der Waals surface area contributed by atoms with E-state index in [0.717, 1.165) is 0 Å². The van der Waals surface area contributed by atoms with Crippen LogP contribution in [0.4, 0.5) is 0 Å². The first-order valence-electron chi connectivity index (χ1n) is 3.86. The van der Waals surface area contributed by atoms with Crippen LogP contribution < -0.4 is 9.84 Å². The minimum absolute atomic E-state index is 0.420. The monoisotopic (exact) mass is 213 g/mol. The van der Waals surface area contributed by atoms with E-state index in [1.54, 1.807) is 30.5 Å². The number of ether oxygens (including phenoxy) is 1. The van der Waals surface area contributed by atoms with Crippen LogP contribution in [0.2, 0.25) is 0 Å². The molecule has 4 nitrogen and oxygen atoms in total. The standard InChI is InChI=1S/C9H10O4S/c1-14(12)8-4-2-7(3-5-8)13-6-9(10)11/h2-5H,6H2,1H3,(H,10,11)/p-1. The van der Waals surface area contributed by atoms with Crippen LogP contribution in [0, 0.1) is 0 Å². The van der Waals surface area contributed by atoms with Crippen LogP contribution in [-0.2, 0) is 15.6 Å². The number of hydrogen-bond acceptors (Lipinski definition) is 4. The SMILES string of the molecule is CS(=O)c1ccc(OCC(=O)[O-])cc1. The topological polar surface area (TPSA) is 66.4 Å². The van der Waals surface area contributed by atoms with E-state index >= 15 is 0 Å². The summed E-state index contributed by atoms with van der Waals surface area (Å²) in [6.07, 6.45) is 1.57. The number of rotatable bonds is 4. The maximum atomic E-state index is 11.0. The Morgan fingerprint density at radius 3 is 2.43 bits per heavy atom. The van der Waals surface area contributed by atoms with Gasteiger partial charge in [-0.15, -0.1) is 0 Å². The molecule has 0 radical (unpaired) electrons. The van der Waals surface area contributed by atoms with Gasteiger partial charge in [-0.05, 0) is 24.3 Å². The van der Waals surface area contributed by atoms with Gasteiger partial charge in [0.15, 0.2) is 0 Å². The number of carboxylic acid groups (broad SMARTS) is 1. The maximum absolute atomic E-state index is 11.0. The van der Waals surface area contributed by atoms with Crippen LogP contribution in [0.15, 0.2) is 29.2 Å². The predicted octanol–water partition coefficient (Wildman–Crippen LogP) is -0.447. The molecule has 0 saturated heterocycles. The molecule has 0 amide bonds. The zero-order valence-corrected chi connectivity index (χ0v) is 8.37. The third-order valence-electron chi connectivity index (χ3n) is 1.51. The molecule has 0 saturated carbocycles. The summed E-state index contributed by atoms with van der Waals surface area (Å²) in [4.78, 5) is 10.7. The van der Waals surface area contributed by atoms with Gasteiger partial charge in [-0.3, -0.25) is 4.21 Å². The van der Waals surface area contributed by atoms with Crippen LogP contribution in [0.1, 0.15) is 0 Å². The Bertz CT molecular complexity index is 344. The van der Waals surface area contributed by atoms with Gasteiger partial charge >= 0.3 is 0 Å². The average molecular weight is 213 g/mol. The van der Waals surface area contributed by atoms with Crippen LogP contribution in [0.3, 0.4) is 0 Å². The molecule has 14 heavy (non-hydrogen) atoms. The van der Waals surface area contributed by atoms with E-state index in [9.17, 15) is 14.1 Å². The molecule has 0 aliphatic rings.